The number of aryl methyl sites for hydroxylation is 1. The van der Waals surface area contributed by atoms with Crippen molar-refractivity contribution in [3.05, 3.63) is 75.6 Å². The molecule has 1 aliphatic heterocycles. The van der Waals surface area contributed by atoms with Crippen LogP contribution in [0.2, 0.25) is 0 Å². The van der Waals surface area contributed by atoms with Crippen molar-refractivity contribution >= 4 is 34.5 Å². The van der Waals surface area contributed by atoms with E-state index in [9.17, 15) is 19.4 Å². The van der Waals surface area contributed by atoms with Crippen molar-refractivity contribution in [1.29, 1.82) is 0 Å². The van der Waals surface area contributed by atoms with E-state index in [1.807, 2.05) is 6.92 Å². The fourth-order valence-electron chi connectivity index (χ4n) is 2.59. The summed E-state index contributed by atoms with van der Waals surface area (Å²) in [7, 11) is 0. The number of aromatic hydroxyl groups is 1. The van der Waals surface area contributed by atoms with Gasteiger partial charge in [0.1, 0.15) is 27.9 Å². The van der Waals surface area contributed by atoms with Gasteiger partial charge in [0.05, 0.1) is 17.2 Å². The third-order valence-corrected chi connectivity index (χ3v) is 4.90. The smallest absolute Gasteiger partial charge is 0.344 e. The molecular formula is C21H18FNO4S. The Balaban J connectivity index is 2.08. The van der Waals surface area contributed by atoms with Gasteiger partial charge in [0.25, 0.3) is 0 Å². The largest absolute Gasteiger partial charge is 0.507 e. The number of benzene rings is 2. The van der Waals surface area contributed by atoms with Crippen LogP contribution in [0, 0.1) is 12.7 Å². The minimum absolute atomic E-state index is 0.0414. The van der Waals surface area contributed by atoms with E-state index in [4.69, 9.17) is 4.74 Å². The molecule has 7 heteroatoms. The van der Waals surface area contributed by atoms with Gasteiger partial charge in [-0.25, -0.2) is 14.2 Å². The number of hydrogen-bond donors (Lipinski definition) is 2. The molecule has 3 rings (SSSR count). The lowest BCUT2D eigenvalue weighted by Gasteiger charge is -2.03. The van der Waals surface area contributed by atoms with E-state index in [1.54, 1.807) is 37.3 Å². The number of thioether (sulfide) groups is 1. The Labute approximate surface area is 165 Å². The molecule has 0 atom stereocenters. The maximum absolute atomic E-state index is 13.5. The second kappa shape index (κ2) is 8.31. The normalized spacial score (nSPS) is 16.8. The fourth-order valence-corrected chi connectivity index (χ4v) is 3.61. The Bertz CT molecular complexity index is 1030. The van der Waals surface area contributed by atoms with E-state index in [-0.39, 0.29) is 28.7 Å². The molecule has 0 unspecified atom stereocenters. The fraction of sp³-hybridized carbons (Fsp3) is 0.143. The van der Waals surface area contributed by atoms with Crippen LogP contribution in [-0.2, 0) is 9.53 Å². The van der Waals surface area contributed by atoms with E-state index in [2.05, 4.69) is 4.99 Å². The van der Waals surface area contributed by atoms with Crippen molar-refractivity contribution in [2.45, 2.75) is 13.8 Å². The highest BCUT2D eigenvalue weighted by atomic mass is 32.2. The molecule has 144 valence electrons. The van der Waals surface area contributed by atoms with Crippen LogP contribution in [0.4, 0.5) is 10.1 Å². The van der Waals surface area contributed by atoms with E-state index < -0.39 is 11.8 Å². The van der Waals surface area contributed by atoms with Gasteiger partial charge < -0.3 is 14.9 Å². The molecule has 2 N–H and O–H groups in total. The Kier molecular flexibility index (Phi) is 5.84. The van der Waals surface area contributed by atoms with Gasteiger partial charge in [-0.05, 0) is 50.3 Å². The van der Waals surface area contributed by atoms with Gasteiger partial charge in [-0.3, -0.25) is 0 Å². The Morgan fingerprint density at radius 2 is 2.04 bits per heavy atom. The lowest BCUT2D eigenvalue weighted by Crippen LogP contribution is -2.12. The van der Waals surface area contributed by atoms with E-state index in [0.29, 0.717) is 16.2 Å². The molecular weight excluding hydrogens is 381 g/mol. The van der Waals surface area contributed by atoms with Crippen LogP contribution in [0.15, 0.2) is 63.7 Å². The monoisotopic (exact) mass is 399 g/mol. The maximum atomic E-state index is 13.5. The number of phenols is 1. The van der Waals surface area contributed by atoms with Crippen molar-refractivity contribution in [1.82, 2.24) is 0 Å². The number of carbonyl (C=O) groups is 1. The molecule has 5 nitrogen and oxygen atoms in total. The number of esters is 1. The summed E-state index contributed by atoms with van der Waals surface area (Å²) in [4.78, 5) is 17.0. The first kappa shape index (κ1) is 19.7. The summed E-state index contributed by atoms with van der Waals surface area (Å²) < 4.78 is 18.5. The minimum atomic E-state index is -0.723. The van der Waals surface area contributed by atoms with Crippen LogP contribution in [0.25, 0.3) is 6.08 Å². The molecule has 28 heavy (non-hydrogen) atoms. The highest BCUT2D eigenvalue weighted by Crippen LogP contribution is 2.41. The van der Waals surface area contributed by atoms with Crippen molar-refractivity contribution < 1.29 is 24.1 Å². The van der Waals surface area contributed by atoms with Gasteiger partial charge in [0.15, 0.2) is 0 Å². The first-order valence-corrected chi connectivity index (χ1v) is 9.35. The van der Waals surface area contributed by atoms with Gasteiger partial charge in [0.2, 0.25) is 0 Å². The Morgan fingerprint density at radius 1 is 1.25 bits per heavy atom. The number of nitrogens with zero attached hydrogens (tertiary/aromatic N) is 1. The molecule has 0 saturated carbocycles. The zero-order valence-corrected chi connectivity index (χ0v) is 16.1. The van der Waals surface area contributed by atoms with Crippen molar-refractivity contribution in [2.75, 3.05) is 6.61 Å². The van der Waals surface area contributed by atoms with E-state index in [0.717, 1.165) is 17.3 Å². The third kappa shape index (κ3) is 4.26. The Morgan fingerprint density at radius 3 is 2.75 bits per heavy atom. The summed E-state index contributed by atoms with van der Waals surface area (Å²) in [6.45, 7) is 3.66. The highest BCUT2D eigenvalue weighted by Gasteiger charge is 2.33. The van der Waals surface area contributed by atoms with E-state index >= 15 is 0 Å². The summed E-state index contributed by atoms with van der Waals surface area (Å²) in [5.41, 5.74) is 1.63. The minimum Gasteiger partial charge on any atom is -0.507 e. The predicted octanol–water partition coefficient (Wildman–Crippen LogP) is 5.03. The number of aliphatic hydroxyl groups excluding tert-OH is 1. The summed E-state index contributed by atoms with van der Waals surface area (Å²) in [5, 5.41) is 20.9. The second-order valence-corrected chi connectivity index (χ2v) is 7.04. The lowest BCUT2D eigenvalue weighted by molar-refractivity contribution is -0.138. The summed E-state index contributed by atoms with van der Waals surface area (Å²) in [6, 6.07) is 10.7. The van der Waals surface area contributed by atoms with Crippen LogP contribution in [0.1, 0.15) is 18.1 Å². The quantitative estimate of drug-likeness (QED) is 0.705. The van der Waals surface area contributed by atoms with Crippen LogP contribution in [0.3, 0.4) is 0 Å². The number of aliphatic imine (C=N–C) groups is 1. The number of carbonyl (C=O) groups excluding carboxylic acids is 1. The number of rotatable bonds is 4. The number of ether oxygens (including phenoxy) is 1. The Hall–Kier alpha value is -3.06. The molecule has 2 aromatic rings. The highest BCUT2D eigenvalue weighted by molar-refractivity contribution is 8.18. The van der Waals surface area contributed by atoms with Crippen molar-refractivity contribution in [3.63, 3.8) is 0 Å². The summed E-state index contributed by atoms with van der Waals surface area (Å²) in [5.74, 6) is -1.44. The molecule has 0 amide bonds. The number of aliphatic hydroxyl groups is 1. The average Bonchev–Trinajstić information content (AvgIpc) is 2.93. The second-order valence-electron chi connectivity index (χ2n) is 6.01. The molecule has 2 aromatic carbocycles. The topological polar surface area (TPSA) is 79.1 Å². The van der Waals surface area contributed by atoms with Gasteiger partial charge >= 0.3 is 5.97 Å². The zero-order valence-electron chi connectivity index (χ0n) is 15.3. The molecule has 0 radical (unpaired) electrons. The van der Waals surface area contributed by atoms with Crippen LogP contribution >= 0.6 is 11.8 Å². The lowest BCUT2D eigenvalue weighted by atomic mass is 10.1. The van der Waals surface area contributed by atoms with Gasteiger partial charge in [-0.15, -0.1) is 0 Å². The van der Waals surface area contributed by atoms with Crippen molar-refractivity contribution in [3.8, 4) is 5.75 Å². The number of halogens is 1. The molecule has 0 saturated heterocycles. The standard InChI is InChI=1S/C21H18FNO4S/c1-3-27-21(26)18-19(25)17(10-13-9-12(2)7-8-16(13)24)28-20(18)23-15-6-4-5-14(22)11-15/h4-11,24-25H,3H2,1-2H3/b17-10+,23-20?. The average molecular weight is 399 g/mol. The maximum Gasteiger partial charge on any atom is 0.344 e. The van der Waals surface area contributed by atoms with Crippen LogP contribution in [0.5, 0.6) is 5.75 Å². The predicted molar refractivity (Wildman–Crippen MR) is 108 cm³/mol. The van der Waals surface area contributed by atoms with Crippen LogP contribution in [-0.4, -0.2) is 27.8 Å². The first-order valence-electron chi connectivity index (χ1n) is 8.53. The SMILES string of the molecule is CCOC(=O)C1=C(O)/C(=C\c2cc(C)ccc2O)SC1=Nc1cccc(F)c1. The number of hydrogen-bond acceptors (Lipinski definition) is 6. The van der Waals surface area contributed by atoms with E-state index in [1.165, 1.54) is 18.2 Å². The molecule has 0 bridgehead atoms. The van der Waals surface area contributed by atoms with Crippen LogP contribution < -0.4 is 0 Å². The third-order valence-electron chi connectivity index (χ3n) is 3.88. The molecule has 0 fully saturated rings. The summed E-state index contributed by atoms with van der Waals surface area (Å²) >= 11 is 1.04. The van der Waals surface area contributed by atoms with Gasteiger partial charge in [-0.1, -0.05) is 29.5 Å². The molecule has 0 aliphatic carbocycles. The molecule has 0 spiro atoms. The molecule has 1 aliphatic rings. The van der Waals surface area contributed by atoms with Gasteiger partial charge in [-0.2, -0.15) is 0 Å². The zero-order chi connectivity index (χ0) is 20.3. The first-order chi connectivity index (χ1) is 13.4. The molecule has 1 heterocycles. The number of phenolic OH excluding ortho intramolecular Hbond substituents is 1. The summed E-state index contributed by atoms with van der Waals surface area (Å²) in [6.07, 6.45) is 1.57. The molecule has 0 aromatic heterocycles. The van der Waals surface area contributed by atoms with Gasteiger partial charge in [0, 0.05) is 5.56 Å². The van der Waals surface area contributed by atoms with Crippen molar-refractivity contribution in [2.24, 2.45) is 4.99 Å².